The molecule has 0 aliphatic rings. The first-order chi connectivity index (χ1) is 7.60. The smallest absolute Gasteiger partial charge is 0.175 e. The number of amidine groups is 1. The number of aliphatic imine (C=N–C) groups is 1. The summed E-state index contributed by atoms with van der Waals surface area (Å²) in [7, 11) is 0. The molecule has 0 fully saturated rings. The normalized spacial score (nSPS) is 12.8. The number of hydrogen-bond donors (Lipinski definition) is 3. The van der Waals surface area contributed by atoms with E-state index in [9.17, 15) is 0 Å². The van der Waals surface area contributed by atoms with Crippen LogP contribution in [0.3, 0.4) is 0 Å². The fourth-order valence-corrected chi connectivity index (χ4v) is 1.33. The van der Waals surface area contributed by atoms with Crippen LogP contribution in [-0.4, -0.2) is 22.0 Å². The Morgan fingerprint density at radius 3 is 2.25 bits per heavy atom. The average Bonchev–Trinajstić information content (AvgIpc) is 2.28. The molecule has 0 saturated heterocycles. The number of hydroxylamine groups is 1. The maximum Gasteiger partial charge on any atom is 0.175 e. The molecule has 1 aromatic carbocycles. The Kier molecular flexibility index (Phi) is 4.02. The van der Waals surface area contributed by atoms with Gasteiger partial charge in [0.1, 0.15) is 5.71 Å². The van der Waals surface area contributed by atoms with Gasteiger partial charge in [-0.15, -0.1) is 0 Å². The van der Waals surface area contributed by atoms with Crippen molar-refractivity contribution in [2.45, 2.75) is 20.8 Å². The summed E-state index contributed by atoms with van der Waals surface area (Å²) in [5.74, 6) is 0.125. The zero-order valence-electron chi connectivity index (χ0n) is 9.52. The monoisotopic (exact) mass is 221 g/mol. The first-order valence-corrected chi connectivity index (χ1v) is 4.84. The van der Waals surface area contributed by atoms with Gasteiger partial charge in [-0.3, -0.25) is 10.7 Å². The third-order valence-corrected chi connectivity index (χ3v) is 2.26. The van der Waals surface area contributed by atoms with Crippen LogP contribution in [0.1, 0.15) is 18.1 Å². The first-order valence-electron chi connectivity index (χ1n) is 4.84. The maximum absolute atomic E-state index is 8.90. The number of benzene rings is 1. The molecule has 0 aromatic heterocycles. The van der Waals surface area contributed by atoms with Crippen molar-refractivity contribution in [2.24, 2.45) is 10.1 Å². The topological polar surface area (TPSA) is 77.2 Å². The average molecular weight is 221 g/mol. The lowest BCUT2D eigenvalue weighted by Gasteiger charge is -2.07. The summed E-state index contributed by atoms with van der Waals surface area (Å²) in [6.45, 7) is 5.38. The van der Waals surface area contributed by atoms with Crippen molar-refractivity contribution in [1.82, 2.24) is 5.48 Å². The van der Waals surface area contributed by atoms with E-state index in [-0.39, 0.29) is 11.5 Å². The van der Waals surface area contributed by atoms with E-state index in [0.717, 1.165) is 16.8 Å². The molecule has 0 saturated carbocycles. The molecule has 0 heterocycles. The molecule has 0 radical (unpaired) electrons. The van der Waals surface area contributed by atoms with E-state index in [2.05, 4.69) is 10.1 Å². The number of nitrogens with one attached hydrogen (secondary N) is 1. The van der Waals surface area contributed by atoms with Crippen molar-refractivity contribution < 1.29 is 10.4 Å². The first kappa shape index (κ1) is 12.2. The van der Waals surface area contributed by atoms with Gasteiger partial charge in [-0.1, -0.05) is 23.4 Å². The number of oxime groups is 1. The quantitative estimate of drug-likeness (QED) is 0.310. The molecule has 5 nitrogen and oxygen atoms in total. The summed E-state index contributed by atoms with van der Waals surface area (Å²) in [5.41, 5.74) is 4.85. The van der Waals surface area contributed by atoms with Crippen molar-refractivity contribution in [3.8, 4) is 0 Å². The van der Waals surface area contributed by atoms with E-state index in [1.807, 2.05) is 37.5 Å². The number of nitrogens with zero attached hydrogens (tertiary/aromatic N) is 2. The van der Waals surface area contributed by atoms with E-state index in [4.69, 9.17) is 10.4 Å². The molecule has 1 aromatic rings. The second-order valence-electron chi connectivity index (χ2n) is 3.50. The van der Waals surface area contributed by atoms with Gasteiger partial charge in [-0.25, -0.2) is 4.99 Å². The predicted molar refractivity (Wildman–Crippen MR) is 62.8 cm³/mol. The van der Waals surface area contributed by atoms with Crippen LogP contribution in [0.15, 0.2) is 28.3 Å². The molecular weight excluding hydrogens is 206 g/mol. The van der Waals surface area contributed by atoms with Gasteiger partial charge in [0, 0.05) is 0 Å². The summed E-state index contributed by atoms with van der Waals surface area (Å²) in [5, 5.41) is 20.5. The van der Waals surface area contributed by atoms with Crippen molar-refractivity contribution in [2.75, 3.05) is 0 Å². The van der Waals surface area contributed by atoms with E-state index < -0.39 is 0 Å². The molecule has 0 atom stereocenters. The highest BCUT2D eigenvalue weighted by Gasteiger charge is 2.06. The molecule has 0 aliphatic heterocycles. The largest absolute Gasteiger partial charge is 0.411 e. The molecule has 5 heteroatoms. The Balaban J connectivity index is 3.24. The van der Waals surface area contributed by atoms with Crippen molar-refractivity contribution in [3.05, 3.63) is 29.3 Å². The lowest BCUT2D eigenvalue weighted by atomic mass is 10.1. The van der Waals surface area contributed by atoms with E-state index in [0.29, 0.717) is 0 Å². The van der Waals surface area contributed by atoms with Crippen LogP contribution in [0.2, 0.25) is 0 Å². The van der Waals surface area contributed by atoms with Crippen LogP contribution < -0.4 is 5.48 Å². The Bertz CT molecular complexity index is 419. The Labute approximate surface area is 94.1 Å². The Morgan fingerprint density at radius 2 is 1.81 bits per heavy atom. The van der Waals surface area contributed by atoms with Crippen LogP contribution in [0.4, 0.5) is 5.69 Å². The van der Waals surface area contributed by atoms with Gasteiger partial charge in [-0.05, 0) is 31.9 Å². The van der Waals surface area contributed by atoms with Crippen molar-refractivity contribution >= 4 is 17.2 Å². The summed E-state index contributed by atoms with van der Waals surface area (Å²) in [4.78, 5) is 4.21. The maximum atomic E-state index is 8.90. The standard InChI is InChI=1S/C11H15N3O2/c1-7-5-4-6-8(2)10(7)12-11(14-16)9(3)13-15/h4-6,15-16H,1-3H3,(H,12,14)/b13-9+. The lowest BCUT2D eigenvalue weighted by Crippen LogP contribution is -2.26. The van der Waals surface area contributed by atoms with Crippen LogP contribution in [-0.2, 0) is 0 Å². The minimum atomic E-state index is 0.125. The summed E-state index contributed by atoms with van der Waals surface area (Å²) >= 11 is 0. The third-order valence-electron chi connectivity index (χ3n) is 2.26. The third kappa shape index (κ3) is 2.58. The molecular formula is C11H15N3O2. The van der Waals surface area contributed by atoms with Gasteiger partial charge >= 0.3 is 0 Å². The van der Waals surface area contributed by atoms with E-state index in [1.165, 1.54) is 6.92 Å². The highest BCUT2D eigenvalue weighted by Crippen LogP contribution is 2.22. The zero-order chi connectivity index (χ0) is 12.1. The van der Waals surface area contributed by atoms with Crippen LogP contribution in [0.5, 0.6) is 0 Å². The van der Waals surface area contributed by atoms with Gasteiger partial charge in [0.2, 0.25) is 0 Å². The second-order valence-corrected chi connectivity index (χ2v) is 3.50. The van der Waals surface area contributed by atoms with Gasteiger partial charge in [-0.2, -0.15) is 0 Å². The summed E-state index contributed by atoms with van der Waals surface area (Å²) in [6, 6.07) is 5.78. The summed E-state index contributed by atoms with van der Waals surface area (Å²) in [6.07, 6.45) is 0. The fraction of sp³-hybridized carbons (Fsp3) is 0.273. The van der Waals surface area contributed by atoms with Gasteiger partial charge in [0.05, 0.1) is 5.69 Å². The van der Waals surface area contributed by atoms with Gasteiger partial charge in [0.25, 0.3) is 0 Å². The van der Waals surface area contributed by atoms with Gasteiger partial charge in [0.15, 0.2) is 5.84 Å². The number of rotatable bonds is 2. The molecule has 0 unspecified atom stereocenters. The Hall–Kier alpha value is -1.88. The van der Waals surface area contributed by atoms with E-state index >= 15 is 0 Å². The van der Waals surface area contributed by atoms with Crippen LogP contribution >= 0.6 is 0 Å². The SMILES string of the molecule is C/C(=N\O)C(=Nc1c(C)cccc1C)NO. The Morgan fingerprint density at radius 1 is 1.25 bits per heavy atom. The molecule has 3 N–H and O–H groups in total. The molecule has 86 valence electrons. The number of para-hydroxylation sites is 1. The highest BCUT2D eigenvalue weighted by molar-refractivity contribution is 6.40. The van der Waals surface area contributed by atoms with Crippen LogP contribution in [0, 0.1) is 13.8 Å². The highest BCUT2D eigenvalue weighted by atomic mass is 16.5. The fourth-order valence-electron chi connectivity index (χ4n) is 1.33. The zero-order valence-corrected chi connectivity index (χ0v) is 9.52. The predicted octanol–water partition coefficient (Wildman–Crippen LogP) is 2.16. The van der Waals surface area contributed by atoms with Crippen LogP contribution in [0.25, 0.3) is 0 Å². The van der Waals surface area contributed by atoms with Gasteiger partial charge < -0.3 is 5.21 Å². The summed E-state index contributed by atoms with van der Waals surface area (Å²) < 4.78 is 0. The lowest BCUT2D eigenvalue weighted by molar-refractivity contribution is 0.236. The molecule has 0 spiro atoms. The second kappa shape index (κ2) is 5.27. The number of aryl methyl sites for hydroxylation is 2. The molecule has 0 bridgehead atoms. The number of hydrogen-bond acceptors (Lipinski definition) is 4. The van der Waals surface area contributed by atoms with Crippen molar-refractivity contribution in [1.29, 1.82) is 0 Å². The molecule has 16 heavy (non-hydrogen) atoms. The van der Waals surface area contributed by atoms with E-state index in [1.54, 1.807) is 0 Å². The van der Waals surface area contributed by atoms with Crippen molar-refractivity contribution in [3.63, 3.8) is 0 Å². The molecule has 0 amide bonds. The minimum Gasteiger partial charge on any atom is -0.411 e. The minimum absolute atomic E-state index is 0.125. The molecule has 0 aliphatic carbocycles. The molecule has 1 rings (SSSR count).